The first kappa shape index (κ1) is 12.0. The van der Waals surface area contributed by atoms with Crippen LogP contribution in [-0.2, 0) is 9.47 Å². The zero-order chi connectivity index (χ0) is 13.2. The SMILES string of the molecule is O=C(O[C@H]1CCN2C(=O)OC[C@@H]2C1)c1ccccc1. The zero-order valence-corrected chi connectivity index (χ0v) is 10.5. The molecule has 2 atom stereocenters. The van der Waals surface area contributed by atoms with Crippen molar-refractivity contribution in [2.45, 2.75) is 25.0 Å². The Morgan fingerprint density at radius 2 is 2.11 bits per heavy atom. The van der Waals surface area contributed by atoms with Crippen molar-refractivity contribution in [2.75, 3.05) is 13.2 Å². The van der Waals surface area contributed by atoms with E-state index in [-0.39, 0.29) is 24.2 Å². The summed E-state index contributed by atoms with van der Waals surface area (Å²) in [6.07, 6.45) is 0.940. The van der Waals surface area contributed by atoms with E-state index in [1.807, 2.05) is 18.2 Å². The molecule has 1 aromatic carbocycles. The average molecular weight is 261 g/mol. The summed E-state index contributed by atoms with van der Waals surface area (Å²) in [5.41, 5.74) is 0.559. The molecule has 0 N–H and O–H groups in total. The molecule has 2 aliphatic rings. The van der Waals surface area contributed by atoms with Gasteiger partial charge in [0.15, 0.2) is 0 Å². The highest BCUT2D eigenvalue weighted by atomic mass is 16.6. The van der Waals surface area contributed by atoms with Crippen LogP contribution < -0.4 is 0 Å². The normalized spacial score (nSPS) is 25.7. The first-order valence-corrected chi connectivity index (χ1v) is 6.43. The van der Waals surface area contributed by atoms with Crippen molar-refractivity contribution in [2.24, 2.45) is 0 Å². The third-order valence-electron chi connectivity index (χ3n) is 3.58. The molecular formula is C14H15NO4. The summed E-state index contributed by atoms with van der Waals surface area (Å²) in [5, 5.41) is 0. The first-order chi connectivity index (χ1) is 9.24. The van der Waals surface area contributed by atoms with Crippen LogP contribution in [0.15, 0.2) is 30.3 Å². The fraction of sp³-hybridized carbons (Fsp3) is 0.429. The van der Waals surface area contributed by atoms with Gasteiger partial charge in [-0.05, 0) is 12.1 Å². The number of nitrogens with zero attached hydrogens (tertiary/aromatic N) is 1. The molecule has 5 heteroatoms. The molecule has 19 heavy (non-hydrogen) atoms. The van der Waals surface area contributed by atoms with E-state index in [9.17, 15) is 9.59 Å². The van der Waals surface area contributed by atoms with Crippen LogP contribution in [0.4, 0.5) is 4.79 Å². The number of ether oxygens (including phenoxy) is 2. The van der Waals surface area contributed by atoms with Gasteiger partial charge in [-0.1, -0.05) is 18.2 Å². The predicted octanol–water partition coefficient (Wildman–Crippen LogP) is 1.83. The molecule has 0 aliphatic carbocycles. The van der Waals surface area contributed by atoms with Crippen LogP contribution in [0, 0.1) is 0 Å². The molecule has 1 aromatic rings. The largest absolute Gasteiger partial charge is 0.459 e. The van der Waals surface area contributed by atoms with Gasteiger partial charge in [-0.2, -0.15) is 0 Å². The van der Waals surface area contributed by atoms with E-state index in [1.165, 1.54) is 0 Å². The molecule has 2 heterocycles. The van der Waals surface area contributed by atoms with Gasteiger partial charge in [0.2, 0.25) is 0 Å². The molecule has 100 valence electrons. The number of amides is 1. The maximum absolute atomic E-state index is 11.9. The van der Waals surface area contributed by atoms with Crippen LogP contribution in [-0.4, -0.2) is 42.3 Å². The number of esters is 1. The van der Waals surface area contributed by atoms with E-state index in [0.29, 0.717) is 31.6 Å². The Labute approximate surface area is 111 Å². The molecule has 2 saturated heterocycles. The molecule has 0 spiro atoms. The third-order valence-corrected chi connectivity index (χ3v) is 3.58. The molecule has 2 fully saturated rings. The van der Waals surface area contributed by atoms with E-state index in [2.05, 4.69) is 0 Å². The van der Waals surface area contributed by atoms with Crippen molar-refractivity contribution < 1.29 is 19.1 Å². The Hall–Kier alpha value is -2.04. The number of piperidine rings is 1. The minimum atomic E-state index is -0.302. The molecule has 0 aromatic heterocycles. The van der Waals surface area contributed by atoms with Gasteiger partial charge in [0.25, 0.3) is 0 Å². The lowest BCUT2D eigenvalue weighted by Gasteiger charge is -2.31. The Balaban J connectivity index is 1.60. The molecule has 0 saturated carbocycles. The fourth-order valence-electron chi connectivity index (χ4n) is 2.56. The molecule has 1 amide bonds. The molecule has 0 unspecified atom stereocenters. The van der Waals surface area contributed by atoms with E-state index in [0.717, 1.165) is 0 Å². The van der Waals surface area contributed by atoms with Crippen molar-refractivity contribution in [1.29, 1.82) is 0 Å². The van der Waals surface area contributed by atoms with Gasteiger partial charge in [-0.3, -0.25) is 0 Å². The number of hydrogen-bond acceptors (Lipinski definition) is 4. The van der Waals surface area contributed by atoms with E-state index in [1.54, 1.807) is 17.0 Å². The highest BCUT2D eigenvalue weighted by Gasteiger charge is 2.39. The summed E-state index contributed by atoms with van der Waals surface area (Å²) in [4.78, 5) is 25.0. The van der Waals surface area contributed by atoms with Gasteiger partial charge in [0, 0.05) is 19.4 Å². The van der Waals surface area contributed by atoms with Crippen molar-refractivity contribution in [3.05, 3.63) is 35.9 Å². The number of rotatable bonds is 2. The smallest absolute Gasteiger partial charge is 0.410 e. The Bertz CT molecular complexity index is 487. The number of hydrogen-bond donors (Lipinski definition) is 0. The van der Waals surface area contributed by atoms with Crippen molar-refractivity contribution in [1.82, 2.24) is 4.90 Å². The number of carbonyl (C=O) groups excluding carboxylic acids is 2. The standard InChI is InChI=1S/C14H15NO4/c16-13(10-4-2-1-3-5-10)19-12-6-7-15-11(8-12)9-18-14(15)17/h1-5,11-12H,6-9H2/t11-,12-/m0/s1. The van der Waals surface area contributed by atoms with Crippen LogP contribution in [0.2, 0.25) is 0 Å². The average Bonchev–Trinajstić information content (AvgIpc) is 2.81. The second-order valence-corrected chi connectivity index (χ2v) is 4.84. The monoisotopic (exact) mass is 261 g/mol. The maximum Gasteiger partial charge on any atom is 0.410 e. The van der Waals surface area contributed by atoms with Gasteiger partial charge in [-0.25, -0.2) is 9.59 Å². The van der Waals surface area contributed by atoms with Crippen molar-refractivity contribution in [3.63, 3.8) is 0 Å². The predicted molar refractivity (Wildman–Crippen MR) is 66.7 cm³/mol. The summed E-state index contributed by atoms with van der Waals surface area (Å²) in [7, 11) is 0. The van der Waals surface area contributed by atoms with Crippen LogP contribution >= 0.6 is 0 Å². The molecule has 0 radical (unpaired) electrons. The van der Waals surface area contributed by atoms with Crippen LogP contribution in [0.3, 0.4) is 0 Å². The highest BCUT2D eigenvalue weighted by Crippen LogP contribution is 2.25. The lowest BCUT2D eigenvalue weighted by Crippen LogP contribution is -2.44. The molecule has 5 nitrogen and oxygen atoms in total. The van der Waals surface area contributed by atoms with E-state index >= 15 is 0 Å². The second-order valence-electron chi connectivity index (χ2n) is 4.84. The van der Waals surface area contributed by atoms with Gasteiger partial charge < -0.3 is 14.4 Å². The van der Waals surface area contributed by atoms with E-state index < -0.39 is 0 Å². The quantitative estimate of drug-likeness (QED) is 0.762. The van der Waals surface area contributed by atoms with Crippen molar-refractivity contribution in [3.8, 4) is 0 Å². The topological polar surface area (TPSA) is 55.8 Å². The van der Waals surface area contributed by atoms with Gasteiger partial charge in [0.05, 0.1) is 11.6 Å². The van der Waals surface area contributed by atoms with Crippen molar-refractivity contribution >= 4 is 12.1 Å². The summed E-state index contributed by atoms with van der Waals surface area (Å²) in [6, 6.07) is 9.00. The molecule has 3 rings (SSSR count). The lowest BCUT2D eigenvalue weighted by atomic mass is 10.0. The van der Waals surface area contributed by atoms with E-state index in [4.69, 9.17) is 9.47 Å². The number of cyclic esters (lactones) is 1. The number of fused-ring (bicyclic) bond motifs is 1. The highest BCUT2D eigenvalue weighted by molar-refractivity contribution is 5.89. The summed E-state index contributed by atoms with van der Waals surface area (Å²) in [6.45, 7) is 0.995. The third kappa shape index (κ3) is 2.41. The lowest BCUT2D eigenvalue weighted by molar-refractivity contribution is 0.00932. The first-order valence-electron chi connectivity index (χ1n) is 6.43. The summed E-state index contributed by atoms with van der Waals surface area (Å²) in [5.74, 6) is -0.302. The maximum atomic E-state index is 11.9. The number of carbonyl (C=O) groups is 2. The molecule has 2 aliphatic heterocycles. The summed E-state index contributed by atoms with van der Waals surface area (Å²) >= 11 is 0. The number of benzene rings is 1. The molecular weight excluding hydrogens is 246 g/mol. The minimum absolute atomic E-state index is 0.0508. The van der Waals surface area contributed by atoms with Gasteiger partial charge in [0.1, 0.15) is 12.7 Å². The van der Waals surface area contributed by atoms with Crippen LogP contribution in [0.25, 0.3) is 0 Å². The Kier molecular flexibility index (Phi) is 3.11. The molecule has 0 bridgehead atoms. The van der Waals surface area contributed by atoms with Gasteiger partial charge in [-0.15, -0.1) is 0 Å². The van der Waals surface area contributed by atoms with Crippen LogP contribution in [0.1, 0.15) is 23.2 Å². The second kappa shape index (κ2) is 4.91. The van der Waals surface area contributed by atoms with Gasteiger partial charge >= 0.3 is 12.1 Å². The Morgan fingerprint density at radius 1 is 1.32 bits per heavy atom. The van der Waals surface area contributed by atoms with Crippen LogP contribution in [0.5, 0.6) is 0 Å². The Morgan fingerprint density at radius 3 is 2.89 bits per heavy atom. The fourth-order valence-corrected chi connectivity index (χ4v) is 2.56. The zero-order valence-electron chi connectivity index (χ0n) is 10.5. The minimum Gasteiger partial charge on any atom is -0.459 e. The summed E-state index contributed by atoms with van der Waals surface area (Å²) < 4.78 is 10.5.